The summed E-state index contributed by atoms with van der Waals surface area (Å²) in [5.41, 5.74) is 6.74. The Labute approximate surface area is 84.0 Å². The van der Waals surface area contributed by atoms with Crippen LogP contribution in [0.5, 0.6) is 0 Å². The highest BCUT2D eigenvalue weighted by atomic mass is 16.5. The zero-order chi connectivity index (χ0) is 9.80. The molecule has 4 heteroatoms. The number of nitrogens with zero attached hydrogens (tertiary/aromatic N) is 2. The van der Waals surface area contributed by atoms with Gasteiger partial charge in [-0.3, -0.25) is 4.68 Å². The molecular formula is C10H17N3O. The van der Waals surface area contributed by atoms with Crippen LogP contribution in [0.2, 0.25) is 0 Å². The number of aryl methyl sites for hydroxylation is 1. The second-order valence-corrected chi connectivity index (χ2v) is 3.74. The van der Waals surface area contributed by atoms with E-state index in [4.69, 9.17) is 10.5 Å². The number of ether oxygens (including phenoxy) is 1. The Morgan fingerprint density at radius 2 is 2.57 bits per heavy atom. The van der Waals surface area contributed by atoms with Crippen LogP contribution in [0.3, 0.4) is 0 Å². The second kappa shape index (κ2) is 4.57. The van der Waals surface area contributed by atoms with E-state index in [-0.39, 0.29) is 0 Å². The Bertz CT molecular complexity index is 279. The number of aromatic nitrogens is 2. The van der Waals surface area contributed by atoms with Crippen molar-refractivity contribution in [1.29, 1.82) is 0 Å². The van der Waals surface area contributed by atoms with Gasteiger partial charge in [0.05, 0.1) is 18.8 Å². The SMILES string of the molecule is NCCCc1cnn(C2CCOC2)c1. The smallest absolute Gasteiger partial charge is 0.0774 e. The minimum atomic E-state index is 0.446. The van der Waals surface area contributed by atoms with Gasteiger partial charge in [-0.25, -0.2) is 0 Å². The Hall–Kier alpha value is -0.870. The summed E-state index contributed by atoms with van der Waals surface area (Å²) in [7, 11) is 0. The molecule has 0 bridgehead atoms. The molecule has 14 heavy (non-hydrogen) atoms. The van der Waals surface area contributed by atoms with Gasteiger partial charge in [0.15, 0.2) is 0 Å². The Kier molecular flexibility index (Phi) is 3.16. The lowest BCUT2D eigenvalue weighted by molar-refractivity contribution is 0.184. The van der Waals surface area contributed by atoms with E-state index in [1.165, 1.54) is 5.56 Å². The van der Waals surface area contributed by atoms with Crippen molar-refractivity contribution in [2.24, 2.45) is 5.73 Å². The van der Waals surface area contributed by atoms with Crippen molar-refractivity contribution in [2.45, 2.75) is 25.3 Å². The third-order valence-electron chi connectivity index (χ3n) is 2.60. The molecule has 0 spiro atoms. The highest BCUT2D eigenvalue weighted by molar-refractivity contribution is 5.04. The molecule has 1 aliphatic heterocycles. The standard InChI is InChI=1S/C10H17N3O/c11-4-1-2-9-6-12-13(7-9)10-3-5-14-8-10/h6-7,10H,1-5,8,11H2. The Morgan fingerprint density at radius 3 is 3.29 bits per heavy atom. The molecule has 1 fully saturated rings. The van der Waals surface area contributed by atoms with Crippen LogP contribution in [0, 0.1) is 0 Å². The average molecular weight is 195 g/mol. The fraction of sp³-hybridized carbons (Fsp3) is 0.700. The fourth-order valence-electron chi connectivity index (χ4n) is 1.74. The molecule has 1 aliphatic rings. The molecule has 78 valence electrons. The highest BCUT2D eigenvalue weighted by Crippen LogP contribution is 2.18. The first kappa shape index (κ1) is 9.68. The molecule has 1 aromatic heterocycles. The molecule has 0 amide bonds. The zero-order valence-corrected chi connectivity index (χ0v) is 8.35. The van der Waals surface area contributed by atoms with Crippen LogP contribution in [0.15, 0.2) is 12.4 Å². The summed E-state index contributed by atoms with van der Waals surface area (Å²) in [6.07, 6.45) is 7.21. The normalized spacial score (nSPS) is 21.6. The molecule has 1 atom stereocenters. The quantitative estimate of drug-likeness (QED) is 0.770. The summed E-state index contributed by atoms with van der Waals surface area (Å²) < 4.78 is 7.35. The van der Waals surface area contributed by atoms with Crippen molar-refractivity contribution < 1.29 is 4.74 Å². The molecule has 0 aromatic carbocycles. The first-order chi connectivity index (χ1) is 6.90. The van der Waals surface area contributed by atoms with Crippen LogP contribution >= 0.6 is 0 Å². The molecule has 4 nitrogen and oxygen atoms in total. The van der Waals surface area contributed by atoms with Crippen LogP contribution in [-0.2, 0) is 11.2 Å². The van der Waals surface area contributed by atoms with E-state index < -0.39 is 0 Å². The lowest BCUT2D eigenvalue weighted by Crippen LogP contribution is -2.08. The van der Waals surface area contributed by atoms with E-state index in [2.05, 4.69) is 11.3 Å². The van der Waals surface area contributed by atoms with Crippen LogP contribution in [-0.4, -0.2) is 29.5 Å². The predicted molar refractivity (Wildman–Crippen MR) is 54.1 cm³/mol. The van der Waals surface area contributed by atoms with E-state index in [1.54, 1.807) is 0 Å². The van der Waals surface area contributed by atoms with Gasteiger partial charge in [0.25, 0.3) is 0 Å². The number of nitrogens with two attached hydrogens (primary N) is 1. The van der Waals surface area contributed by atoms with E-state index in [1.807, 2.05) is 10.9 Å². The molecule has 1 aromatic rings. The predicted octanol–water partition coefficient (Wildman–Crippen LogP) is 0.736. The third-order valence-corrected chi connectivity index (χ3v) is 2.60. The minimum Gasteiger partial charge on any atom is -0.379 e. The summed E-state index contributed by atoms with van der Waals surface area (Å²) in [6.45, 7) is 2.42. The molecule has 0 aliphatic carbocycles. The molecule has 1 unspecified atom stereocenters. The average Bonchev–Trinajstić information content (AvgIpc) is 2.85. The van der Waals surface area contributed by atoms with Crippen molar-refractivity contribution >= 4 is 0 Å². The topological polar surface area (TPSA) is 53.1 Å². The summed E-state index contributed by atoms with van der Waals surface area (Å²) in [5.74, 6) is 0. The summed E-state index contributed by atoms with van der Waals surface area (Å²) in [6, 6.07) is 0.446. The van der Waals surface area contributed by atoms with Gasteiger partial charge in [-0.2, -0.15) is 5.10 Å². The number of hydrogen-bond acceptors (Lipinski definition) is 3. The van der Waals surface area contributed by atoms with Crippen LogP contribution in [0.4, 0.5) is 0 Å². The molecule has 2 heterocycles. The third kappa shape index (κ3) is 2.13. The van der Waals surface area contributed by atoms with E-state index in [0.29, 0.717) is 6.04 Å². The molecule has 2 rings (SSSR count). The number of rotatable bonds is 4. The Balaban J connectivity index is 1.94. The van der Waals surface area contributed by atoms with Crippen molar-refractivity contribution in [2.75, 3.05) is 19.8 Å². The lowest BCUT2D eigenvalue weighted by Gasteiger charge is -2.06. The van der Waals surface area contributed by atoms with Crippen LogP contribution < -0.4 is 5.73 Å². The first-order valence-corrected chi connectivity index (χ1v) is 5.21. The second-order valence-electron chi connectivity index (χ2n) is 3.74. The van der Waals surface area contributed by atoms with E-state index in [9.17, 15) is 0 Å². The summed E-state index contributed by atoms with van der Waals surface area (Å²) in [4.78, 5) is 0. The lowest BCUT2D eigenvalue weighted by atomic mass is 10.2. The molecule has 2 N–H and O–H groups in total. The largest absolute Gasteiger partial charge is 0.379 e. The fourth-order valence-corrected chi connectivity index (χ4v) is 1.74. The molecule has 1 saturated heterocycles. The highest BCUT2D eigenvalue weighted by Gasteiger charge is 2.17. The van der Waals surface area contributed by atoms with Gasteiger partial charge >= 0.3 is 0 Å². The van der Waals surface area contributed by atoms with Crippen LogP contribution in [0.1, 0.15) is 24.4 Å². The first-order valence-electron chi connectivity index (χ1n) is 5.21. The van der Waals surface area contributed by atoms with E-state index in [0.717, 1.165) is 39.0 Å². The van der Waals surface area contributed by atoms with Gasteiger partial charge in [-0.05, 0) is 31.4 Å². The van der Waals surface area contributed by atoms with Gasteiger partial charge < -0.3 is 10.5 Å². The maximum Gasteiger partial charge on any atom is 0.0774 e. The van der Waals surface area contributed by atoms with E-state index >= 15 is 0 Å². The molecular weight excluding hydrogens is 178 g/mol. The van der Waals surface area contributed by atoms with Gasteiger partial charge in [0, 0.05) is 12.8 Å². The van der Waals surface area contributed by atoms with Gasteiger partial charge in [0.2, 0.25) is 0 Å². The molecule has 0 saturated carbocycles. The minimum absolute atomic E-state index is 0.446. The molecule has 0 radical (unpaired) electrons. The van der Waals surface area contributed by atoms with Crippen molar-refractivity contribution in [3.8, 4) is 0 Å². The zero-order valence-electron chi connectivity index (χ0n) is 8.35. The van der Waals surface area contributed by atoms with Gasteiger partial charge in [-0.15, -0.1) is 0 Å². The summed E-state index contributed by atoms with van der Waals surface area (Å²) in [5, 5.41) is 4.35. The maximum atomic E-state index is 5.46. The van der Waals surface area contributed by atoms with Crippen molar-refractivity contribution in [3.05, 3.63) is 18.0 Å². The van der Waals surface area contributed by atoms with Crippen LogP contribution in [0.25, 0.3) is 0 Å². The van der Waals surface area contributed by atoms with Gasteiger partial charge in [-0.1, -0.05) is 0 Å². The van der Waals surface area contributed by atoms with Crippen molar-refractivity contribution in [1.82, 2.24) is 9.78 Å². The van der Waals surface area contributed by atoms with Crippen molar-refractivity contribution in [3.63, 3.8) is 0 Å². The maximum absolute atomic E-state index is 5.46. The van der Waals surface area contributed by atoms with Gasteiger partial charge in [0.1, 0.15) is 0 Å². The Morgan fingerprint density at radius 1 is 1.64 bits per heavy atom. The number of hydrogen-bond donors (Lipinski definition) is 1. The summed E-state index contributed by atoms with van der Waals surface area (Å²) >= 11 is 0. The monoisotopic (exact) mass is 195 g/mol.